The third kappa shape index (κ3) is 3.84. The predicted molar refractivity (Wildman–Crippen MR) is 119 cm³/mol. The fraction of sp³-hybridized carbons (Fsp3) is 0.0870. The van der Waals surface area contributed by atoms with E-state index in [-0.39, 0.29) is 6.04 Å². The first-order chi connectivity index (χ1) is 14.8. The Hall–Kier alpha value is -3.45. The van der Waals surface area contributed by atoms with Crippen molar-refractivity contribution in [1.82, 2.24) is 20.2 Å². The Bertz CT molecular complexity index is 1170. The quantitative estimate of drug-likeness (QED) is 0.451. The molecule has 0 aliphatic carbocycles. The molecule has 1 aliphatic heterocycles. The van der Waals surface area contributed by atoms with Crippen molar-refractivity contribution in [1.29, 1.82) is 0 Å². The Kier molecular flexibility index (Phi) is 5.03. The number of halogens is 1. The Balaban J connectivity index is 1.40. The predicted octanol–water partition coefficient (Wildman–Crippen LogP) is 5.07. The highest BCUT2D eigenvalue weighted by molar-refractivity contribution is 9.10. The molecule has 5 rings (SSSR count). The van der Waals surface area contributed by atoms with E-state index >= 15 is 0 Å². The van der Waals surface area contributed by atoms with E-state index in [1.807, 2.05) is 42.5 Å². The highest BCUT2D eigenvalue weighted by atomic mass is 79.9. The van der Waals surface area contributed by atoms with Gasteiger partial charge in [-0.15, -0.1) is 0 Å². The number of hydrogen-bond donors (Lipinski definition) is 1. The van der Waals surface area contributed by atoms with Crippen LogP contribution in [-0.4, -0.2) is 20.2 Å². The maximum atomic E-state index is 5.91. The van der Waals surface area contributed by atoms with Crippen LogP contribution in [-0.2, 0) is 6.61 Å². The number of fused-ring (bicyclic) bond motifs is 1. The summed E-state index contributed by atoms with van der Waals surface area (Å²) in [5.74, 6) is 1.44. The molecule has 1 aromatic heterocycles. The van der Waals surface area contributed by atoms with Crippen molar-refractivity contribution in [2.24, 2.45) is 0 Å². The highest BCUT2D eigenvalue weighted by Gasteiger charge is 2.24. The van der Waals surface area contributed by atoms with Gasteiger partial charge in [-0.2, -0.15) is 4.68 Å². The van der Waals surface area contributed by atoms with Gasteiger partial charge in [0, 0.05) is 10.2 Å². The normalized spacial score (nSPS) is 15.1. The van der Waals surface area contributed by atoms with E-state index < -0.39 is 0 Å². The highest BCUT2D eigenvalue weighted by Crippen LogP contribution is 2.32. The lowest BCUT2D eigenvalue weighted by Gasteiger charge is -2.23. The first-order valence-electron chi connectivity index (χ1n) is 9.55. The van der Waals surface area contributed by atoms with E-state index in [2.05, 4.69) is 79.2 Å². The SMILES string of the molecule is Brc1ccc(C2=C[C@@H](c3ccc(OCc4ccccc4)cc3)n3nnnc3N2)cc1. The average Bonchev–Trinajstić information content (AvgIpc) is 3.27. The summed E-state index contributed by atoms with van der Waals surface area (Å²) in [5.41, 5.74) is 4.26. The third-order valence-corrected chi connectivity index (χ3v) is 5.48. The van der Waals surface area contributed by atoms with Gasteiger partial charge in [0.15, 0.2) is 0 Å². The molecule has 1 aliphatic rings. The summed E-state index contributed by atoms with van der Waals surface area (Å²) in [6.45, 7) is 0.540. The largest absolute Gasteiger partial charge is 0.489 e. The molecular formula is C23H18BrN5O. The van der Waals surface area contributed by atoms with Crippen LogP contribution < -0.4 is 10.1 Å². The van der Waals surface area contributed by atoms with E-state index in [1.165, 1.54) is 0 Å². The number of tetrazole rings is 1. The van der Waals surface area contributed by atoms with Crippen molar-refractivity contribution < 1.29 is 4.74 Å². The van der Waals surface area contributed by atoms with Gasteiger partial charge in [0.1, 0.15) is 18.4 Å². The fourth-order valence-electron chi connectivity index (χ4n) is 3.39. The molecular weight excluding hydrogens is 442 g/mol. The number of ether oxygens (including phenoxy) is 1. The first kappa shape index (κ1) is 18.6. The Morgan fingerprint density at radius 1 is 0.933 bits per heavy atom. The zero-order valence-corrected chi connectivity index (χ0v) is 17.5. The van der Waals surface area contributed by atoms with Gasteiger partial charge in [0.25, 0.3) is 0 Å². The van der Waals surface area contributed by atoms with Crippen molar-refractivity contribution in [3.8, 4) is 5.75 Å². The molecule has 1 N–H and O–H groups in total. The molecule has 0 spiro atoms. The molecule has 7 heteroatoms. The van der Waals surface area contributed by atoms with Crippen molar-refractivity contribution in [3.63, 3.8) is 0 Å². The second-order valence-corrected chi connectivity index (χ2v) is 7.86. The van der Waals surface area contributed by atoms with Crippen molar-refractivity contribution in [2.45, 2.75) is 12.6 Å². The van der Waals surface area contributed by atoms with Gasteiger partial charge in [0.05, 0.1) is 0 Å². The minimum Gasteiger partial charge on any atom is -0.489 e. The Labute approximate surface area is 182 Å². The van der Waals surface area contributed by atoms with Crippen LogP contribution >= 0.6 is 15.9 Å². The van der Waals surface area contributed by atoms with Gasteiger partial charge < -0.3 is 10.1 Å². The van der Waals surface area contributed by atoms with Crippen LogP contribution in [0.5, 0.6) is 5.75 Å². The molecule has 0 radical (unpaired) electrons. The number of nitrogens with one attached hydrogen (secondary N) is 1. The maximum absolute atomic E-state index is 5.91. The molecule has 0 amide bonds. The number of hydrogen-bond acceptors (Lipinski definition) is 5. The van der Waals surface area contributed by atoms with Crippen LogP contribution in [0.1, 0.15) is 22.7 Å². The van der Waals surface area contributed by atoms with E-state index in [0.29, 0.717) is 12.6 Å². The summed E-state index contributed by atoms with van der Waals surface area (Å²) in [5, 5.41) is 15.4. The lowest BCUT2D eigenvalue weighted by Crippen LogP contribution is -2.20. The van der Waals surface area contributed by atoms with Gasteiger partial charge in [0.2, 0.25) is 5.95 Å². The Morgan fingerprint density at radius 2 is 1.70 bits per heavy atom. The standard InChI is InChI=1S/C23H18BrN5O/c24-19-10-6-17(7-11-19)21-14-22(29-23(25-21)26-27-28-29)18-8-12-20(13-9-18)30-15-16-4-2-1-3-5-16/h1-14,22H,15H2,(H,25,26,28)/t22-/m0/s1. The second-order valence-electron chi connectivity index (χ2n) is 6.95. The first-order valence-corrected chi connectivity index (χ1v) is 10.3. The second kappa shape index (κ2) is 8.12. The van der Waals surface area contributed by atoms with E-state index in [1.54, 1.807) is 4.68 Å². The van der Waals surface area contributed by atoms with Gasteiger partial charge >= 0.3 is 0 Å². The molecule has 0 saturated heterocycles. The summed E-state index contributed by atoms with van der Waals surface area (Å²) in [4.78, 5) is 0. The number of rotatable bonds is 5. The van der Waals surface area contributed by atoms with Gasteiger partial charge in [-0.05, 0) is 57.5 Å². The topological polar surface area (TPSA) is 64.9 Å². The molecule has 2 heterocycles. The van der Waals surface area contributed by atoms with Crippen molar-refractivity contribution in [3.05, 3.63) is 106 Å². The molecule has 4 aromatic rings. The third-order valence-electron chi connectivity index (χ3n) is 4.95. The van der Waals surface area contributed by atoms with E-state index in [9.17, 15) is 0 Å². The molecule has 3 aromatic carbocycles. The Morgan fingerprint density at radius 3 is 2.47 bits per heavy atom. The number of nitrogens with zero attached hydrogens (tertiary/aromatic N) is 4. The van der Waals surface area contributed by atoms with Crippen LogP contribution in [0.3, 0.4) is 0 Å². The van der Waals surface area contributed by atoms with E-state index in [4.69, 9.17) is 4.74 Å². The lowest BCUT2D eigenvalue weighted by atomic mass is 10.0. The number of anilines is 1. The van der Waals surface area contributed by atoms with Crippen LogP contribution in [0.25, 0.3) is 5.70 Å². The number of benzene rings is 3. The van der Waals surface area contributed by atoms with Crippen molar-refractivity contribution >= 4 is 27.6 Å². The number of allylic oxidation sites excluding steroid dienone is 1. The van der Waals surface area contributed by atoms with Crippen LogP contribution in [0.2, 0.25) is 0 Å². The van der Waals surface area contributed by atoms with E-state index in [0.717, 1.165) is 32.6 Å². The molecule has 0 fully saturated rings. The molecule has 6 nitrogen and oxygen atoms in total. The summed E-state index contributed by atoms with van der Waals surface area (Å²) < 4.78 is 8.73. The summed E-state index contributed by atoms with van der Waals surface area (Å²) in [7, 11) is 0. The van der Waals surface area contributed by atoms with Crippen LogP contribution in [0.4, 0.5) is 5.95 Å². The van der Waals surface area contributed by atoms with Gasteiger partial charge in [-0.1, -0.05) is 75.6 Å². The number of aromatic nitrogens is 4. The smallest absolute Gasteiger partial charge is 0.248 e. The summed E-state index contributed by atoms with van der Waals surface area (Å²) >= 11 is 3.48. The van der Waals surface area contributed by atoms with Crippen molar-refractivity contribution in [2.75, 3.05) is 5.32 Å². The molecule has 0 bridgehead atoms. The monoisotopic (exact) mass is 459 g/mol. The molecule has 1 atom stereocenters. The molecule has 30 heavy (non-hydrogen) atoms. The minimum absolute atomic E-state index is 0.113. The zero-order valence-electron chi connectivity index (χ0n) is 15.9. The summed E-state index contributed by atoms with van der Waals surface area (Å²) in [6, 6.07) is 26.2. The minimum atomic E-state index is -0.113. The lowest BCUT2D eigenvalue weighted by molar-refractivity contribution is 0.306. The molecule has 0 saturated carbocycles. The van der Waals surface area contributed by atoms with Crippen LogP contribution in [0, 0.1) is 0 Å². The van der Waals surface area contributed by atoms with Gasteiger partial charge in [-0.25, -0.2) is 0 Å². The maximum Gasteiger partial charge on any atom is 0.248 e. The van der Waals surface area contributed by atoms with Crippen LogP contribution in [0.15, 0.2) is 89.4 Å². The van der Waals surface area contributed by atoms with Gasteiger partial charge in [-0.3, -0.25) is 0 Å². The fourth-order valence-corrected chi connectivity index (χ4v) is 3.66. The molecule has 148 valence electrons. The molecule has 0 unspecified atom stereocenters. The zero-order chi connectivity index (χ0) is 20.3. The summed E-state index contributed by atoms with van der Waals surface area (Å²) in [6.07, 6.45) is 2.13. The average molecular weight is 460 g/mol.